The number of likely N-dealkylation sites (N-methyl/N-ethyl adjacent to an activating group) is 1. The van der Waals surface area contributed by atoms with Crippen LogP contribution in [0.2, 0.25) is 0 Å². The van der Waals surface area contributed by atoms with Crippen LogP contribution in [-0.2, 0) is 24.7 Å². The van der Waals surface area contributed by atoms with Gasteiger partial charge in [0.05, 0.1) is 16.2 Å². The molecule has 1 amide bonds. The second-order valence-corrected chi connectivity index (χ2v) is 9.71. The Hall–Kier alpha value is -2.55. The first kappa shape index (κ1) is 20.8. The van der Waals surface area contributed by atoms with E-state index in [-0.39, 0.29) is 11.4 Å². The predicted octanol–water partition coefficient (Wildman–Crippen LogP) is 0.256. The number of pyridine rings is 1. The van der Waals surface area contributed by atoms with Gasteiger partial charge in [0.2, 0.25) is 10.0 Å². The summed E-state index contributed by atoms with van der Waals surface area (Å²) in [7, 11) is -7.92. The van der Waals surface area contributed by atoms with Crippen molar-refractivity contribution in [1.82, 2.24) is 14.6 Å². The number of hydrogen-bond acceptors (Lipinski definition) is 7. The van der Waals surface area contributed by atoms with Gasteiger partial charge in [0.1, 0.15) is 15.9 Å². The number of sulfone groups is 1. The van der Waals surface area contributed by atoms with Crippen molar-refractivity contribution in [3.05, 3.63) is 36.5 Å². The third-order valence-electron chi connectivity index (χ3n) is 3.65. The molecule has 0 aliphatic carbocycles. The molecule has 0 radical (unpaired) electrons. The second kappa shape index (κ2) is 7.99. The van der Waals surface area contributed by atoms with Gasteiger partial charge in [0.15, 0.2) is 6.19 Å². The van der Waals surface area contributed by atoms with Gasteiger partial charge >= 0.3 is 0 Å². The van der Waals surface area contributed by atoms with Crippen molar-refractivity contribution in [3.63, 3.8) is 0 Å². The van der Waals surface area contributed by atoms with Crippen molar-refractivity contribution >= 4 is 36.7 Å². The van der Waals surface area contributed by atoms with E-state index in [0.717, 1.165) is 6.26 Å². The molecule has 9 nitrogen and oxygen atoms in total. The number of benzene rings is 1. The maximum Gasteiger partial charge on any atom is 0.254 e. The molecule has 0 saturated heterocycles. The molecule has 1 atom stereocenters. The molecule has 2 rings (SSSR count). The lowest BCUT2D eigenvalue weighted by Gasteiger charge is -2.21. The van der Waals surface area contributed by atoms with E-state index in [2.05, 4.69) is 9.71 Å². The Morgan fingerprint density at radius 3 is 2.59 bits per heavy atom. The molecule has 11 heteroatoms. The van der Waals surface area contributed by atoms with E-state index in [1.807, 2.05) is 0 Å². The van der Waals surface area contributed by atoms with Crippen LogP contribution in [0.25, 0.3) is 10.9 Å². The molecule has 0 bridgehead atoms. The molecule has 144 valence electrons. The van der Waals surface area contributed by atoms with Crippen LogP contribution in [0.15, 0.2) is 41.4 Å². The normalized spacial score (nSPS) is 13.1. The standard InChI is InChI=1S/C16H18N4O5S2/c1-3-20(11-17)16(21)15(10-26(2,22)23)19-27(24,25)13-6-7-14-12(9-13)5-4-8-18-14/h4-9,15,19H,3,10H2,1-2H3. The number of hydrogen-bond donors (Lipinski definition) is 1. The molecule has 1 N–H and O–H groups in total. The number of fused-ring (bicyclic) bond motifs is 1. The number of rotatable bonds is 7. The lowest BCUT2D eigenvalue weighted by Crippen LogP contribution is -2.50. The largest absolute Gasteiger partial charge is 0.272 e. The van der Waals surface area contributed by atoms with Crippen LogP contribution < -0.4 is 4.72 Å². The lowest BCUT2D eigenvalue weighted by atomic mass is 10.2. The minimum Gasteiger partial charge on any atom is -0.272 e. The molecule has 27 heavy (non-hydrogen) atoms. The molecule has 0 aliphatic heterocycles. The Kier molecular flexibility index (Phi) is 6.15. The number of amides is 1. The first-order valence-electron chi connectivity index (χ1n) is 7.83. The van der Waals surface area contributed by atoms with E-state index in [1.54, 1.807) is 24.5 Å². The smallest absolute Gasteiger partial charge is 0.254 e. The van der Waals surface area contributed by atoms with Crippen LogP contribution in [-0.4, -0.2) is 57.2 Å². The number of sulfonamides is 1. The number of nitriles is 1. The highest BCUT2D eigenvalue weighted by atomic mass is 32.2. The van der Waals surface area contributed by atoms with Gasteiger partial charge < -0.3 is 0 Å². The molecule has 1 unspecified atom stereocenters. The number of nitrogens with one attached hydrogen (secondary N) is 1. The first-order chi connectivity index (χ1) is 12.6. The van der Waals surface area contributed by atoms with E-state index < -0.39 is 37.6 Å². The van der Waals surface area contributed by atoms with Crippen molar-refractivity contribution < 1.29 is 21.6 Å². The fraction of sp³-hybridized carbons (Fsp3) is 0.312. The fourth-order valence-corrected chi connectivity index (χ4v) is 4.56. The molecule has 0 saturated carbocycles. The molecule has 0 aliphatic rings. The number of carbonyl (C=O) groups is 1. The Balaban J connectivity index is 2.41. The second-order valence-electron chi connectivity index (χ2n) is 5.81. The SMILES string of the molecule is CCN(C#N)C(=O)C(CS(C)(=O)=O)NS(=O)(=O)c1ccc2ncccc2c1. The van der Waals surface area contributed by atoms with Gasteiger partial charge in [-0.1, -0.05) is 6.07 Å². The van der Waals surface area contributed by atoms with Crippen molar-refractivity contribution in [3.8, 4) is 6.19 Å². The summed E-state index contributed by atoms with van der Waals surface area (Å²) in [6, 6.07) is 5.89. The highest BCUT2D eigenvalue weighted by molar-refractivity contribution is 7.91. The van der Waals surface area contributed by atoms with Crippen LogP contribution in [0.5, 0.6) is 0 Å². The molecule has 0 fully saturated rings. The molecular weight excluding hydrogens is 392 g/mol. The molecule has 1 aromatic heterocycles. The van der Waals surface area contributed by atoms with Crippen LogP contribution in [0, 0.1) is 11.5 Å². The Labute approximate surface area is 157 Å². The maximum absolute atomic E-state index is 12.7. The number of aromatic nitrogens is 1. The van der Waals surface area contributed by atoms with Crippen LogP contribution in [0.1, 0.15) is 6.92 Å². The quantitative estimate of drug-likeness (QED) is 0.510. The molecular formula is C16H18N4O5S2. The van der Waals surface area contributed by atoms with Gasteiger partial charge in [0, 0.05) is 24.4 Å². The Bertz CT molecular complexity index is 1110. The summed E-state index contributed by atoms with van der Waals surface area (Å²) in [5.41, 5.74) is 0.585. The summed E-state index contributed by atoms with van der Waals surface area (Å²) >= 11 is 0. The summed E-state index contributed by atoms with van der Waals surface area (Å²) in [5, 5.41) is 9.57. The van der Waals surface area contributed by atoms with Gasteiger partial charge in [-0.15, -0.1) is 0 Å². The first-order valence-corrected chi connectivity index (χ1v) is 11.4. The average molecular weight is 410 g/mol. The maximum atomic E-state index is 12.7. The van der Waals surface area contributed by atoms with Crippen LogP contribution >= 0.6 is 0 Å². The third kappa shape index (κ3) is 5.22. The van der Waals surface area contributed by atoms with Gasteiger partial charge in [-0.05, 0) is 31.2 Å². The zero-order valence-corrected chi connectivity index (χ0v) is 16.3. The molecule has 1 aromatic carbocycles. The van der Waals surface area contributed by atoms with Crippen molar-refractivity contribution in [1.29, 1.82) is 5.26 Å². The summed E-state index contributed by atoms with van der Waals surface area (Å²) in [4.78, 5) is 17.1. The van der Waals surface area contributed by atoms with E-state index in [4.69, 9.17) is 5.26 Å². The van der Waals surface area contributed by atoms with E-state index in [9.17, 15) is 21.6 Å². The van der Waals surface area contributed by atoms with E-state index in [1.165, 1.54) is 25.1 Å². The number of carbonyl (C=O) groups excluding carboxylic acids is 1. The minimum atomic E-state index is -4.22. The fourth-order valence-electron chi connectivity index (χ4n) is 2.40. The highest BCUT2D eigenvalue weighted by Crippen LogP contribution is 2.18. The van der Waals surface area contributed by atoms with E-state index >= 15 is 0 Å². The van der Waals surface area contributed by atoms with Crippen molar-refractivity contribution in [2.75, 3.05) is 18.6 Å². The summed E-state index contributed by atoms with van der Waals surface area (Å²) in [5.74, 6) is -1.70. The summed E-state index contributed by atoms with van der Waals surface area (Å²) in [6.45, 7) is 1.50. The van der Waals surface area contributed by atoms with Crippen LogP contribution in [0.3, 0.4) is 0 Å². The third-order valence-corrected chi connectivity index (χ3v) is 6.06. The van der Waals surface area contributed by atoms with Gasteiger partial charge in [-0.3, -0.25) is 9.78 Å². The topological polar surface area (TPSA) is 137 Å². The molecule has 0 spiro atoms. The number of nitrogens with zero attached hydrogens (tertiary/aromatic N) is 3. The average Bonchev–Trinajstić information content (AvgIpc) is 2.60. The Morgan fingerprint density at radius 1 is 1.30 bits per heavy atom. The van der Waals surface area contributed by atoms with E-state index in [0.29, 0.717) is 15.8 Å². The van der Waals surface area contributed by atoms with Crippen molar-refractivity contribution in [2.45, 2.75) is 17.9 Å². The monoisotopic (exact) mass is 410 g/mol. The van der Waals surface area contributed by atoms with Crippen molar-refractivity contribution in [2.24, 2.45) is 0 Å². The zero-order valence-electron chi connectivity index (χ0n) is 14.7. The predicted molar refractivity (Wildman–Crippen MR) is 98.6 cm³/mol. The summed E-state index contributed by atoms with van der Waals surface area (Å²) in [6.07, 6.45) is 4.06. The lowest BCUT2D eigenvalue weighted by molar-refractivity contribution is -0.129. The Morgan fingerprint density at radius 2 is 2.00 bits per heavy atom. The molecule has 2 aromatic rings. The molecule has 1 heterocycles. The van der Waals surface area contributed by atoms with Gasteiger partial charge in [-0.2, -0.15) is 9.98 Å². The van der Waals surface area contributed by atoms with Crippen LogP contribution in [0.4, 0.5) is 0 Å². The van der Waals surface area contributed by atoms with Gasteiger partial charge in [0.25, 0.3) is 5.91 Å². The highest BCUT2D eigenvalue weighted by Gasteiger charge is 2.32. The summed E-state index contributed by atoms with van der Waals surface area (Å²) < 4.78 is 50.8. The van der Waals surface area contributed by atoms with Gasteiger partial charge in [-0.25, -0.2) is 21.7 Å². The minimum absolute atomic E-state index is 0.0149. The zero-order chi connectivity index (χ0) is 20.2.